The van der Waals surface area contributed by atoms with E-state index in [1.165, 1.54) is 7.05 Å². The normalized spacial score (nSPS) is 10.5. The van der Waals surface area contributed by atoms with E-state index >= 15 is 0 Å². The zero-order valence-electron chi connectivity index (χ0n) is 12.6. The average Bonchev–Trinajstić information content (AvgIpc) is 3.08. The molecule has 0 saturated heterocycles. The smallest absolute Gasteiger partial charge is 0.273 e. The fraction of sp³-hybridized carbons (Fsp3) is 0.125. The lowest BCUT2D eigenvalue weighted by atomic mass is 10.1. The van der Waals surface area contributed by atoms with Crippen LogP contribution in [0.1, 0.15) is 16.1 Å². The Hall–Kier alpha value is -3.22. The Morgan fingerprint density at radius 2 is 2.26 bits per heavy atom. The summed E-state index contributed by atoms with van der Waals surface area (Å²) < 4.78 is 1.98. The molecule has 0 aliphatic rings. The van der Waals surface area contributed by atoms with Gasteiger partial charge in [-0.05, 0) is 11.6 Å². The first-order valence-corrected chi connectivity index (χ1v) is 7.07. The van der Waals surface area contributed by atoms with Crippen molar-refractivity contribution in [2.45, 2.75) is 6.54 Å². The lowest BCUT2D eigenvalue weighted by Gasteiger charge is -2.08. The van der Waals surface area contributed by atoms with Gasteiger partial charge in [-0.25, -0.2) is 15.0 Å². The molecule has 3 rings (SSSR count). The number of aromatic nitrogens is 4. The molecule has 0 radical (unpaired) electrons. The summed E-state index contributed by atoms with van der Waals surface area (Å²) in [6, 6.07) is 7.90. The second kappa shape index (κ2) is 6.27. The van der Waals surface area contributed by atoms with E-state index in [1.807, 2.05) is 35.0 Å². The van der Waals surface area contributed by atoms with Gasteiger partial charge in [0.2, 0.25) is 0 Å². The van der Waals surface area contributed by atoms with Crippen LogP contribution in [0, 0.1) is 0 Å². The van der Waals surface area contributed by atoms with Gasteiger partial charge in [0.1, 0.15) is 0 Å². The highest BCUT2D eigenvalue weighted by Gasteiger charge is 2.13. The van der Waals surface area contributed by atoms with Crippen molar-refractivity contribution in [1.82, 2.24) is 24.8 Å². The number of nitrogens with two attached hydrogens (primary N) is 1. The van der Waals surface area contributed by atoms with E-state index in [4.69, 9.17) is 5.73 Å². The Kier molecular flexibility index (Phi) is 4.01. The summed E-state index contributed by atoms with van der Waals surface area (Å²) in [5.74, 6) is -0.242. The number of amides is 1. The maximum atomic E-state index is 11.8. The molecule has 0 unspecified atom stereocenters. The summed E-state index contributed by atoms with van der Waals surface area (Å²) in [5, 5.41) is 2.51. The van der Waals surface area contributed by atoms with Crippen molar-refractivity contribution in [3.8, 4) is 11.3 Å². The zero-order chi connectivity index (χ0) is 16.2. The molecule has 116 valence electrons. The molecule has 0 bridgehead atoms. The van der Waals surface area contributed by atoms with Gasteiger partial charge in [-0.3, -0.25) is 4.79 Å². The fourth-order valence-corrected chi connectivity index (χ4v) is 2.24. The number of nitrogens with zero attached hydrogens (tertiary/aromatic N) is 4. The third-order valence-corrected chi connectivity index (χ3v) is 3.39. The summed E-state index contributed by atoms with van der Waals surface area (Å²) in [6.07, 6.45) is 6.97. The highest BCUT2D eigenvalue weighted by Crippen LogP contribution is 2.20. The molecular formula is C16H16N6O. The number of hydrogen-bond acceptors (Lipinski definition) is 5. The number of carbonyl (C=O) groups is 1. The standard InChI is InChI=1S/C16H16N6O/c1-18-16(23)14-15(17)20-8-13(21-14)12-4-2-3-11(7-12)9-22-6-5-19-10-22/h2-8,10H,9H2,1H3,(H2,17,20)(H,18,23). The molecule has 1 amide bonds. The zero-order valence-corrected chi connectivity index (χ0v) is 12.6. The summed E-state index contributed by atoms with van der Waals surface area (Å²) in [4.78, 5) is 24.2. The molecule has 0 aliphatic carbocycles. The monoisotopic (exact) mass is 308 g/mol. The Labute approximate surface area is 133 Å². The van der Waals surface area contributed by atoms with Gasteiger partial charge >= 0.3 is 0 Å². The van der Waals surface area contributed by atoms with Gasteiger partial charge in [0.05, 0.1) is 18.2 Å². The number of hydrogen-bond donors (Lipinski definition) is 2. The van der Waals surface area contributed by atoms with E-state index in [-0.39, 0.29) is 17.4 Å². The van der Waals surface area contributed by atoms with Gasteiger partial charge in [-0.2, -0.15) is 0 Å². The molecule has 2 heterocycles. The lowest BCUT2D eigenvalue weighted by molar-refractivity contribution is 0.0959. The van der Waals surface area contributed by atoms with Crippen LogP contribution in [0.2, 0.25) is 0 Å². The molecule has 7 heteroatoms. The Balaban J connectivity index is 1.94. The van der Waals surface area contributed by atoms with E-state index < -0.39 is 0 Å². The first-order valence-electron chi connectivity index (χ1n) is 7.07. The molecule has 7 nitrogen and oxygen atoms in total. The molecule has 2 aromatic heterocycles. The van der Waals surface area contributed by atoms with Crippen molar-refractivity contribution in [2.24, 2.45) is 0 Å². The van der Waals surface area contributed by atoms with Crippen molar-refractivity contribution in [1.29, 1.82) is 0 Å². The summed E-state index contributed by atoms with van der Waals surface area (Å²) >= 11 is 0. The van der Waals surface area contributed by atoms with Crippen LogP contribution < -0.4 is 11.1 Å². The molecule has 0 atom stereocenters. The quantitative estimate of drug-likeness (QED) is 0.757. The van der Waals surface area contributed by atoms with E-state index in [1.54, 1.807) is 18.7 Å². The highest BCUT2D eigenvalue weighted by atomic mass is 16.1. The second-order valence-electron chi connectivity index (χ2n) is 5.00. The maximum Gasteiger partial charge on any atom is 0.273 e. The van der Waals surface area contributed by atoms with Crippen LogP contribution in [0.15, 0.2) is 49.2 Å². The van der Waals surface area contributed by atoms with Crippen LogP contribution in [0.5, 0.6) is 0 Å². The second-order valence-corrected chi connectivity index (χ2v) is 5.00. The predicted molar refractivity (Wildman–Crippen MR) is 86.6 cm³/mol. The predicted octanol–water partition coefficient (Wildman–Crippen LogP) is 1.33. The van der Waals surface area contributed by atoms with E-state index in [2.05, 4.69) is 20.3 Å². The SMILES string of the molecule is CNC(=O)c1nc(-c2cccc(Cn3ccnc3)c2)cnc1N. The molecule has 1 aromatic carbocycles. The Morgan fingerprint density at radius 1 is 1.39 bits per heavy atom. The van der Waals surface area contributed by atoms with Crippen molar-refractivity contribution >= 4 is 11.7 Å². The Bertz CT molecular complexity index is 828. The van der Waals surface area contributed by atoms with Crippen LogP contribution >= 0.6 is 0 Å². The van der Waals surface area contributed by atoms with E-state index in [9.17, 15) is 4.79 Å². The van der Waals surface area contributed by atoms with E-state index in [0.717, 1.165) is 11.1 Å². The van der Waals surface area contributed by atoms with Gasteiger partial charge < -0.3 is 15.6 Å². The van der Waals surface area contributed by atoms with Crippen molar-refractivity contribution in [3.63, 3.8) is 0 Å². The van der Waals surface area contributed by atoms with Crippen molar-refractivity contribution in [2.75, 3.05) is 12.8 Å². The van der Waals surface area contributed by atoms with Gasteiger partial charge in [0, 0.05) is 31.5 Å². The molecule has 0 spiro atoms. The minimum absolute atomic E-state index is 0.114. The van der Waals surface area contributed by atoms with Gasteiger partial charge in [0.25, 0.3) is 5.91 Å². The van der Waals surface area contributed by atoms with Crippen LogP contribution in [-0.4, -0.2) is 32.5 Å². The molecule has 0 saturated carbocycles. The van der Waals surface area contributed by atoms with Gasteiger partial charge in [0.15, 0.2) is 11.5 Å². The number of benzene rings is 1. The molecular weight excluding hydrogens is 292 g/mol. The molecule has 0 fully saturated rings. The van der Waals surface area contributed by atoms with Crippen LogP contribution in [-0.2, 0) is 6.54 Å². The number of rotatable bonds is 4. The lowest BCUT2D eigenvalue weighted by Crippen LogP contribution is -2.21. The first kappa shape index (κ1) is 14.7. The van der Waals surface area contributed by atoms with Crippen LogP contribution in [0.25, 0.3) is 11.3 Å². The van der Waals surface area contributed by atoms with Gasteiger partial charge in [-0.1, -0.05) is 18.2 Å². The molecule has 3 N–H and O–H groups in total. The number of nitrogens with one attached hydrogen (secondary N) is 1. The van der Waals surface area contributed by atoms with Crippen LogP contribution in [0.4, 0.5) is 5.82 Å². The number of imidazole rings is 1. The number of nitrogen functional groups attached to an aromatic ring is 1. The fourth-order valence-electron chi connectivity index (χ4n) is 2.24. The Morgan fingerprint density at radius 3 is 3.00 bits per heavy atom. The maximum absolute atomic E-state index is 11.8. The van der Waals surface area contributed by atoms with E-state index in [0.29, 0.717) is 12.2 Å². The third kappa shape index (κ3) is 3.18. The number of carbonyl (C=O) groups excluding carboxylic acids is 1. The average molecular weight is 308 g/mol. The molecule has 23 heavy (non-hydrogen) atoms. The third-order valence-electron chi connectivity index (χ3n) is 3.39. The van der Waals surface area contributed by atoms with Crippen molar-refractivity contribution in [3.05, 3.63) is 60.4 Å². The summed E-state index contributed by atoms with van der Waals surface area (Å²) in [5.41, 5.74) is 8.42. The first-order chi connectivity index (χ1) is 11.2. The molecule has 3 aromatic rings. The van der Waals surface area contributed by atoms with Crippen molar-refractivity contribution < 1.29 is 4.79 Å². The highest BCUT2D eigenvalue weighted by molar-refractivity contribution is 5.96. The number of anilines is 1. The van der Waals surface area contributed by atoms with Gasteiger partial charge in [-0.15, -0.1) is 0 Å². The minimum Gasteiger partial charge on any atom is -0.382 e. The summed E-state index contributed by atoms with van der Waals surface area (Å²) in [6.45, 7) is 0.707. The summed E-state index contributed by atoms with van der Waals surface area (Å²) in [7, 11) is 1.53. The minimum atomic E-state index is -0.355. The van der Waals surface area contributed by atoms with Crippen LogP contribution in [0.3, 0.4) is 0 Å². The topological polar surface area (TPSA) is 98.7 Å². The molecule has 0 aliphatic heterocycles. The largest absolute Gasteiger partial charge is 0.382 e.